The number of fused-ring (bicyclic) bond motifs is 1. The number of aryl methyl sites for hydroxylation is 1. The lowest BCUT2D eigenvalue weighted by atomic mass is 10.1. The smallest absolute Gasteiger partial charge is 0.270 e. The van der Waals surface area contributed by atoms with E-state index in [2.05, 4.69) is 4.98 Å². The Bertz CT molecular complexity index is 1070. The summed E-state index contributed by atoms with van der Waals surface area (Å²) in [6.07, 6.45) is 1.22. The average Bonchev–Trinajstić information content (AvgIpc) is 2.73. The van der Waals surface area contributed by atoms with E-state index in [4.69, 9.17) is 0 Å². The van der Waals surface area contributed by atoms with E-state index in [1.54, 1.807) is 18.2 Å². The summed E-state index contributed by atoms with van der Waals surface area (Å²) in [5.41, 5.74) is 2.58. The van der Waals surface area contributed by atoms with E-state index >= 15 is 0 Å². The molecule has 0 aliphatic carbocycles. The highest BCUT2D eigenvalue weighted by molar-refractivity contribution is 5.86. The zero-order chi connectivity index (χ0) is 21.7. The van der Waals surface area contributed by atoms with Crippen LogP contribution in [0.15, 0.2) is 48.5 Å². The van der Waals surface area contributed by atoms with Crippen LogP contribution in [0.4, 0.5) is 17.2 Å². The molecule has 0 aliphatic rings. The molecule has 30 heavy (non-hydrogen) atoms. The summed E-state index contributed by atoms with van der Waals surface area (Å²) in [5, 5.41) is 31.8. The van der Waals surface area contributed by atoms with Gasteiger partial charge >= 0.3 is 0 Å². The molecule has 3 aromatic rings. The van der Waals surface area contributed by atoms with Gasteiger partial charge in [0.1, 0.15) is 5.82 Å². The largest absolute Gasteiger partial charge is 0.396 e. The Balaban J connectivity index is 1.85. The van der Waals surface area contributed by atoms with Gasteiger partial charge in [0.05, 0.1) is 15.4 Å². The Morgan fingerprint density at radius 2 is 1.63 bits per heavy atom. The van der Waals surface area contributed by atoms with E-state index in [0.29, 0.717) is 31.4 Å². The molecule has 156 valence electrons. The molecule has 0 aliphatic heterocycles. The van der Waals surface area contributed by atoms with Gasteiger partial charge in [-0.15, -0.1) is 0 Å². The van der Waals surface area contributed by atoms with Crippen LogP contribution >= 0.6 is 0 Å². The number of aliphatic hydroxyl groups is 1. The van der Waals surface area contributed by atoms with E-state index in [1.807, 2.05) is 17.9 Å². The Kier molecular flexibility index (Phi) is 6.53. The van der Waals surface area contributed by atoms with Crippen LogP contribution < -0.4 is 4.90 Å². The molecule has 0 unspecified atom stereocenters. The normalized spacial score (nSPS) is 10.9. The number of benzene rings is 2. The minimum Gasteiger partial charge on any atom is -0.396 e. The number of pyridine rings is 1. The van der Waals surface area contributed by atoms with E-state index in [-0.39, 0.29) is 18.0 Å². The van der Waals surface area contributed by atoms with Crippen molar-refractivity contribution in [2.45, 2.75) is 19.8 Å². The number of non-ortho nitro benzene ring substituents is 2. The topological polar surface area (TPSA) is 123 Å². The van der Waals surface area contributed by atoms with Gasteiger partial charge in [-0.1, -0.05) is 12.1 Å². The number of anilines is 1. The summed E-state index contributed by atoms with van der Waals surface area (Å²) < 4.78 is 0. The number of aromatic nitrogens is 1. The lowest BCUT2D eigenvalue weighted by Gasteiger charge is -2.24. The molecule has 0 amide bonds. The van der Waals surface area contributed by atoms with Crippen LogP contribution in [0.3, 0.4) is 0 Å². The summed E-state index contributed by atoms with van der Waals surface area (Å²) in [5.74, 6) is 0.726. The van der Waals surface area contributed by atoms with Crippen molar-refractivity contribution in [3.8, 4) is 0 Å². The lowest BCUT2D eigenvalue weighted by Crippen LogP contribution is -2.28. The van der Waals surface area contributed by atoms with E-state index in [0.717, 1.165) is 22.3 Å². The highest BCUT2D eigenvalue weighted by atomic mass is 16.6. The van der Waals surface area contributed by atoms with Crippen molar-refractivity contribution in [1.29, 1.82) is 0 Å². The lowest BCUT2D eigenvalue weighted by molar-refractivity contribution is -0.385. The molecule has 2 aromatic carbocycles. The molecule has 0 fully saturated rings. The van der Waals surface area contributed by atoms with Crippen molar-refractivity contribution in [3.63, 3.8) is 0 Å². The maximum absolute atomic E-state index is 11.0. The van der Waals surface area contributed by atoms with Gasteiger partial charge in [0, 0.05) is 49.3 Å². The van der Waals surface area contributed by atoms with Gasteiger partial charge < -0.3 is 10.0 Å². The first-order valence-corrected chi connectivity index (χ1v) is 9.54. The predicted octanol–water partition coefficient (Wildman–Crippen LogP) is 3.79. The molecule has 1 N–H and O–H groups in total. The average molecular weight is 410 g/mol. The predicted molar refractivity (Wildman–Crippen MR) is 114 cm³/mol. The fourth-order valence-electron chi connectivity index (χ4n) is 3.29. The highest BCUT2D eigenvalue weighted by Gasteiger charge is 2.14. The molecular formula is C21H22N4O5. The zero-order valence-electron chi connectivity index (χ0n) is 16.5. The first kappa shape index (κ1) is 21.1. The minimum absolute atomic E-state index is 0.0236. The third kappa shape index (κ3) is 4.87. The summed E-state index contributed by atoms with van der Waals surface area (Å²) >= 11 is 0. The molecule has 9 nitrogen and oxygen atoms in total. The minimum atomic E-state index is -0.427. The van der Waals surface area contributed by atoms with Crippen LogP contribution in [-0.4, -0.2) is 39.6 Å². The van der Waals surface area contributed by atoms with Crippen LogP contribution in [0.1, 0.15) is 17.5 Å². The molecule has 1 aromatic heterocycles. The van der Waals surface area contributed by atoms with E-state index in [9.17, 15) is 25.3 Å². The Labute approximate surface area is 172 Å². The van der Waals surface area contributed by atoms with E-state index in [1.165, 1.54) is 24.3 Å². The van der Waals surface area contributed by atoms with Crippen molar-refractivity contribution < 1.29 is 15.0 Å². The number of aliphatic hydroxyl groups excluding tert-OH is 1. The number of rotatable bonds is 9. The van der Waals surface area contributed by atoms with Gasteiger partial charge in [0.2, 0.25) is 0 Å². The molecule has 0 saturated heterocycles. The van der Waals surface area contributed by atoms with Crippen molar-refractivity contribution in [2.75, 3.05) is 24.6 Å². The van der Waals surface area contributed by atoms with Crippen LogP contribution in [0.2, 0.25) is 0 Å². The quantitative estimate of drug-likeness (QED) is 0.420. The van der Waals surface area contributed by atoms with E-state index < -0.39 is 9.85 Å². The van der Waals surface area contributed by atoms with Crippen molar-refractivity contribution in [2.24, 2.45) is 0 Å². The fraction of sp³-hybridized carbons (Fsp3) is 0.286. The maximum Gasteiger partial charge on any atom is 0.270 e. The van der Waals surface area contributed by atoms with Gasteiger partial charge in [0.15, 0.2) is 0 Å². The summed E-state index contributed by atoms with van der Waals surface area (Å²) in [6.45, 7) is 3.14. The maximum atomic E-state index is 11.0. The van der Waals surface area contributed by atoms with Gasteiger partial charge in [-0.25, -0.2) is 4.98 Å². The number of nitrogens with zero attached hydrogens (tertiary/aromatic N) is 4. The summed E-state index contributed by atoms with van der Waals surface area (Å²) in [4.78, 5) is 27.7. The number of hydrogen-bond donors (Lipinski definition) is 1. The number of hydrogen-bond acceptors (Lipinski definition) is 7. The standard InChI is InChI=1S/C21H22N4O5/c1-15-13-21(22-20-8-7-18(25(29)30)14-19(15)20)23(10-2-12-26)11-9-16-3-5-17(6-4-16)24(27)28/h3-8,13-14,26H,2,9-12H2,1H3. The number of nitro groups is 2. The first-order chi connectivity index (χ1) is 14.4. The van der Waals surface area contributed by atoms with Crippen molar-refractivity contribution >= 4 is 28.1 Å². The Morgan fingerprint density at radius 3 is 2.27 bits per heavy atom. The molecule has 1 heterocycles. The molecule has 0 saturated carbocycles. The SMILES string of the molecule is Cc1cc(N(CCCO)CCc2ccc([N+](=O)[O-])cc2)nc2ccc([N+](=O)[O-])cc12. The van der Waals surface area contributed by atoms with Crippen LogP contribution in [0, 0.1) is 27.2 Å². The van der Waals surface area contributed by atoms with Crippen LogP contribution in [-0.2, 0) is 6.42 Å². The second-order valence-electron chi connectivity index (χ2n) is 6.99. The summed E-state index contributed by atoms with van der Waals surface area (Å²) in [7, 11) is 0. The summed E-state index contributed by atoms with van der Waals surface area (Å²) in [6, 6.07) is 12.9. The van der Waals surface area contributed by atoms with Gasteiger partial charge in [-0.05, 0) is 43.0 Å². The highest BCUT2D eigenvalue weighted by Crippen LogP contribution is 2.26. The van der Waals surface area contributed by atoms with Gasteiger partial charge in [-0.3, -0.25) is 20.2 Å². The Hall–Kier alpha value is -3.59. The Morgan fingerprint density at radius 1 is 0.967 bits per heavy atom. The number of nitro benzene ring substituents is 2. The molecule has 0 radical (unpaired) electrons. The van der Waals surface area contributed by atoms with Crippen LogP contribution in [0.5, 0.6) is 0 Å². The van der Waals surface area contributed by atoms with Gasteiger partial charge in [-0.2, -0.15) is 0 Å². The molecule has 0 atom stereocenters. The van der Waals surface area contributed by atoms with Crippen LogP contribution in [0.25, 0.3) is 10.9 Å². The second kappa shape index (κ2) is 9.27. The first-order valence-electron chi connectivity index (χ1n) is 9.54. The zero-order valence-corrected chi connectivity index (χ0v) is 16.5. The third-order valence-electron chi connectivity index (χ3n) is 4.92. The second-order valence-corrected chi connectivity index (χ2v) is 6.99. The fourth-order valence-corrected chi connectivity index (χ4v) is 3.29. The van der Waals surface area contributed by atoms with Gasteiger partial charge in [0.25, 0.3) is 11.4 Å². The molecule has 0 spiro atoms. The molecule has 0 bridgehead atoms. The molecule has 9 heteroatoms. The van der Waals surface area contributed by atoms with Crippen molar-refractivity contribution in [1.82, 2.24) is 4.98 Å². The third-order valence-corrected chi connectivity index (χ3v) is 4.92. The molecular weight excluding hydrogens is 388 g/mol. The monoisotopic (exact) mass is 410 g/mol. The van der Waals surface area contributed by atoms with Crippen molar-refractivity contribution in [3.05, 3.63) is 79.9 Å². The molecule has 3 rings (SSSR count).